The van der Waals surface area contributed by atoms with Gasteiger partial charge in [-0.05, 0) is 55.9 Å². The molecule has 2 N–H and O–H groups in total. The number of benzene rings is 1. The Morgan fingerprint density at radius 1 is 1.15 bits per heavy atom. The lowest BCUT2D eigenvalue weighted by Gasteiger charge is -2.37. The van der Waals surface area contributed by atoms with Crippen LogP contribution in [0.3, 0.4) is 0 Å². The van der Waals surface area contributed by atoms with E-state index in [1.54, 1.807) is 0 Å². The van der Waals surface area contributed by atoms with Crippen molar-refractivity contribution in [1.29, 1.82) is 0 Å². The molecule has 0 bridgehead atoms. The van der Waals surface area contributed by atoms with E-state index in [2.05, 4.69) is 9.80 Å². The van der Waals surface area contributed by atoms with Crippen LogP contribution in [-0.2, 0) is 4.74 Å². The van der Waals surface area contributed by atoms with E-state index in [1.807, 2.05) is 19.1 Å². The molecular formula is C21H33FN4O. The molecule has 1 saturated carbocycles. The van der Waals surface area contributed by atoms with Gasteiger partial charge in [-0.3, -0.25) is 4.99 Å². The van der Waals surface area contributed by atoms with E-state index >= 15 is 0 Å². The molecule has 0 radical (unpaired) electrons. The Morgan fingerprint density at radius 2 is 1.81 bits per heavy atom. The van der Waals surface area contributed by atoms with E-state index in [-0.39, 0.29) is 11.2 Å². The molecule has 1 heterocycles. The fourth-order valence-corrected chi connectivity index (χ4v) is 4.24. The first kappa shape index (κ1) is 19.9. The van der Waals surface area contributed by atoms with Crippen molar-refractivity contribution in [2.24, 2.45) is 16.1 Å². The molecule has 1 aliphatic carbocycles. The van der Waals surface area contributed by atoms with Crippen LogP contribution in [0.15, 0.2) is 29.3 Å². The molecule has 1 aromatic carbocycles. The van der Waals surface area contributed by atoms with Crippen LogP contribution < -0.4 is 10.6 Å². The highest BCUT2D eigenvalue weighted by molar-refractivity contribution is 5.78. The average Bonchev–Trinajstić information content (AvgIpc) is 3.16. The van der Waals surface area contributed by atoms with Crippen LogP contribution in [0.2, 0.25) is 0 Å². The van der Waals surface area contributed by atoms with Crippen molar-refractivity contribution in [2.75, 3.05) is 50.8 Å². The molecule has 150 valence electrons. The third kappa shape index (κ3) is 5.34. The summed E-state index contributed by atoms with van der Waals surface area (Å²) in [6.07, 6.45) is 6.12. The Bertz CT molecular complexity index is 605. The molecule has 1 saturated heterocycles. The number of aliphatic imine (C=N–C) groups is 1. The molecule has 3 rings (SSSR count). The van der Waals surface area contributed by atoms with Crippen LogP contribution in [0.5, 0.6) is 0 Å². The number of hydrogen-bond donors (Lipinski definition) is 1. The highest BCUT2D eigenvalue weighted by Crippen LogP contribution is 2.41. The Labute approximate surface area is 162 Å². The molecular weight excluding hydrogens is 343 g/mol. The van der Waals surface area contributed by atoms with Gasteiger partial charge in [0.1, 0.15) is 5.82 Å². The minimum absolute atomic E-state index is 0.195. The third-order valence-electron chi connectivity index (χ3n) is 6.02. The Hall–Kier alpha value is -1.82. The van der Waals surface area contributed by atoms with Crippen LogP contribution in [-0.4, -0.2) is 56.8 Å². The molecule has 0 aromatic heterocycles. The van der Waals surface area contributed by atoms with Crippen LogP contribution in [0.25, 0.3) is 0 Å². The summed E-state index contributed by atoms with van der Waals surface area (Å²) in [5.74, 6) is 0.468. The molecule has 1 aliphatic heterocycles. The maximum absolute atomic E-state index is 13.1. The number of ether oxygens (including phenoxy) is 1. The van der Waals surface area contributed by atoms with Gasteiger partial charge in [-0.15, -0.1) is 0 Å². The molecule has 5 nitrogen and oxygen atoms in total. The van der Waals surface area contributed by atoms with Crippen molar-refractivity contribution >= 4 is 11.6 Å². The average molecular weight is 377 g/mol. The Kier molecular flexibility index (Phi) is 6.94. The van der Waals surface area contributed by atoms with Crippen molar-refractivity contribution in [3.8, 4) is 0 Å². The number of rotatable bonds is 7. The zero-order valence-electron chi connectivity index (χ0n) is 16.5. The molecule has 27 heavy (non-hydrogen) atoms. The topological polar surface area (TPSA) is 54.1 Å². The lowest BCUT2D eigenvalue weighted by atomic mass is 9.83. The lowest BCUT2D eigenvalue weighted by Crippen LogP contribution is -2.51. The van der Waals surface area contributed by atoms with Crippen LogP contribution >= 0.6 is 0 Å². The van der Waals surface area contributed by atoms with Gasteiger partial charge in [-0.1, -0.05) is 12.8 Å². The molecule has 0 atom stereocenters. The third-order valence-corrected chi connectivity index (χ3v) is 6.02. The van der Waals surface area contributed by atoms with Crippen LogP contribution in [0.1, 0.15) is 39.0 Å². The highest BCUT2D eigenvalue weighted by Gasteiger charge is 2.33. The second kappa shape index (κ2) is 9.40. The second-order valence-corrected chi connectivity index (χ2v) is 7.78. The zero-order chi connectivity index (χ0) is 19.1. The van der Waals surface area contributed by atoms with Crippen molar-refractivity contribution < 1.29 is 9.13 Å². The first-order valence-corrected chi connectivity index (χ1v) is 10.2. The SMILES string of the molecule is CCOCCC1(CN=C(N)N2CCN(c3ccc(F)cc3)CC2)CCCC1. The minimum atomic E-state index is -0.195. The van der Waals surface area contributed by atoms with Gasteiger partial charge >= 0.3 is 0 Å². The molecule has 2 fully saturated rings. The monoisotopic (exact) mass is 376 g/mol. The van der Waals surface area contributed by atoms with Crippen molar-refractivity contribution in [1.82, 2.24) is 4.90 Å². The number of anilines is 1. The second-order valence-electron chi connectivity index (χ2n) is 7.78. The number of nitrogens with zero attached hydrogens (tertiary/aromatic N) is 3. The van der Waals surface area contributed by atoms with Crippen molar-refractivity contribution in [2.45, 2.75) is 39.0 Å². The van der Waals surface area contributed by atoms with Gasteiger partial charge in [0.2, 0.25) is 0 Å². The van der Waals surface area contributed by atoms with E-state index in [9.17, 15) is 4.39 Å². The number of nitrogens with two attached hydrogens (primary N) is 1. The van der Waals surface area contributed by atoms with Gasteiger partial charge in [0, 0.05) is 51.6 Å². The van der Waals surface area contributed by atoms with Crippen molar-refractivity contribution in [3.63, 3.8) is 0 Å². The molecule has 6 heteroatoms. The Balaban J connectivity index is 1.51. The number of guanidine groups is 1. The largest absolute Gasteiger partial charge is 0.382 e. The van der Waals surface area contributed by atoms with E-state index in [1.165, 1.54) is 37.8 Å². The summed E-state index contributed by atoms with van der Waals surface area (Å²) in [7, 11) is 0. The molecule has 0 unspecified atom stereocenters. The molecule has 0 spiro atoms. The minimum Gasteiger partial charge on any atom is -0.382 e. The zero-order valence-corrected chi connectivity index (χ0v) is 16.5. The maximum Gasteiger partial charge on any atom is 0.191 e. The summed E-state index contributed by atoms with van der Waals surface area (Å²) >= 11 is 0. The Morgan fingerprint density at radius 3 is 2.44 bits per heavy atom. The van der Waals surface area contributed by atoms with Gasteiger partial charge in [0.05, 0.1) is 0 Å². The summed E-state index contributed by atoms with van der Waals surface area (Å²) in [5.41, 5.74) is 7.66. The maximum atomic E-state index is 13.1. The van der Waals surface area contributed by atoms with Crippen molar-refractivity contribution in [3.05, 3.63) is 30.1 Å². The predicted molar refractivity (Wildman–Crippen MR) is 109 cm³/mol. The lowest BCUT2D eigenvalue weighted by molar-refractivity contribution is 0.107. The summed E-state index contributed by atoms with van der Waals surface area (Å²) in [5, 5.41) is 0. The summed E-state index contributed by atoms with van der Waals surface area (Å²) in [4.78, 5) is 9.23. The van der Waals surface area contributed by atoms with E-state index in [0.29, 0.717) is 5.96 Å². The number of piperazine rings is 1. The predicted octanol–water partition coefficient (Wildman–Crippen LogP) is 3.25. The standard InChI is InChI=1S/C21H33FN4O/c1-2-27-16-11-21(9-3-4-10-21)17-24-20(23)26-14-12-25(13-15-26)19-7-5-18(22)6-8-19/h5-8H,2-4,9-17H2,1H3,(H2,23,24). The summed E-state index contributed by atoms with van der Waals surface area (Å²) in [6, 6.07) is 6.71. The molecule has 0 amide bonds. The summed E-state index contributed by atoms with van der Waals surface area (Å²) in [6.45, 7) is 7.89. The van der Waals surface area contributed by atoms with E-state index in [4.69, 9.17) is 15.5 Å². The summed E-state index contributed by atoms with van der Waals surface area (Å²) < 4.78 is 18.7. The van der Waals surface area contributed by atoms with E-state index < -0.39 is 0 Å². The normalized spacial score (nSPS) is 20.3. The quantitative estimate of drug-likeness (QED) is 0.451. The van der Waals surface area contributed by atoms with Crippen LogP contribution in [0.4, 0.5) is 10.1 Å². The number of hydrogen-bond acceptors (Lipinski definition) is 3. The number of halogens is 1. The van der Waals surface area contributed by atoms with E-state index in [0.717, 1.165) is 58.0 Å². The van der Waals surface area contributed by atoms with Gasteiger partial charge in [-0.25, -0.2) is 4.39 Å². The highest BCUT2D eigenvalue weighted by atomic mass is 19.1. The van der Waals surface area contributed by atoms with Gasteiger partial charge < -0.3 is 20.3 Å². The van der Waals surface area contributed by atoms with Gasteiger partial charge in [-0.2, -0.15) is 0 Å². The fourth-order valence-electron chi connectivity index (χ4n) is 4.24. The molecule has 2 aliphatic rings. The smallest absolute Gasteiger partial charge is 0.191 e. The van der Waals surface area contributed by atoms with Gasteiger partial charge in [0.25, 0.3) is 0 Å². The first-order valence-electron chi connectivity index (χ1n) is 10.2. The van der Waals surface area contributed by atoms with Gasteiger partial charge in [0.15, 0.2) is 5.96 Å². The fraction of sp³-hybridized carbons (Fsp3) is 0.667. The van der Waals surface area contributed by atoms with Crippen LogP contribution in [0, 0.1) is 11.2 Å². The first-order chi connectivity index (χ1) is 13.1. The molecule has 1 aromatic rings.